The van der Waals surface area contributed by atoms with E-state index in [1.807, 2.05) is 92.2 Å². The number of carbonyl (C=O) groups excluding carboxylic acids is 1. The van der Waals surface area contributed by atoms with Crippen molar-refractivity contribution in [2.45, 2.75) is 30.3 Å². The molecular formula is C24H24N4O2S. The first-order chi connectivity index (χ1) is 15.0. The molecule has 31 heavy (non-hydrogen) atoms. The van der Waals surface area contributed by atoms with Crippen LogP contribution in [0.1, 0.15) is 29.9 Å². The lowest BCUT2D eigenvalue weighted by Gasteiger charge is -2.22. The van der Waals surface area contributed by atoms with Crippen molar-refractivity contribution in [2.75, 3.05) is 0 Å². The third-order valence-electron chi connectivity index (χ3n) is 5.14. The molecule has 1 N–H and O–H groups in total. The van der Waals surface area contributed by atoms with Crippen molar-refractivity contribution in [1.82, 2.24) is 20.1 Å². The van der Waals surface area contributed by atoms with Crippen LogP contribution in [0.4, 0.5) is 0 Å². The van der Waals surface area contributed by atoms with Gasteiger partial charge in [-0.05, 0) is 31.0 Å². The number of aromatic nitrogens is 3. The minimum Gasteiger partial charge on any atom is -0.469 e. The van der Waals surface area contributed by atoms with Crippen molar-refractivity contribution in [2.24, 2.45) is 7.05 Å². The van der Waals surface area contributed by atoms with E-state index in [0.717, 1.165) is 22.5 Å². The molecule has 2 aromatic heterocycles. The SMILES string of the molecule is Cc1occc1-c1nnc(SC(C)C(=O)NC(c2ccccc2)c2ccccc2)n1C. The fourth-order valence-electron chi connectivity index (χ4n) is 3.39. The van der Waals surface area contributed by atoms with E-state index in [1.54, 1.807) is 6.26 Å². The normalized spacial score (nSPS) is 12.1. The van der Waals surface area contributed by atoms with Crippen LogP contribution in [-0.2, 0) is 11.8 Å². The topological polar surface area (TPSA) is 72.9 Å². The quantitative estimate of drug-likeness (QED) is 0.426. The number of hydrogen-bond donors (Lipinski definition) is 1. The monoisotopic (exact) mass is 432 g/mol. The number of nitrogens with zero attached hydrogens (tertiary/aromatic N) is 3. The van der Waals surface area contributed by atoms with Crippen LogP contribution in [0.2, 0.25) is 0 Å². The summed E-state index contributed by atoms with van der Waals surface area (Å²) in [5.74, 6) is 1.44. The molecule has 2 aromatic carbocycles. The van der Waals surface area contributed by atoms with Crippen molar-refractivity contribution in [3.8, 4) is 11.4 Å². The minimum atomic E-state index is -0.351. The number of rotatable bonds is 7. The van der Waals surface area contributed by atoms with Gasteiger partial charge in [0.05, 0.1) is 23.1 Å². The molecular weight excluding hydrogens is 408 g/mol. The summed E-state index contributed by atoms with van der Waals surface area (Å²) in [5.41, 5.74) is 2.97. The lowest BCUT2D eigenvalue weighted by Crippen LogP contribution is -2.35. The zero-order valence-corrected chi connectivity index (χ0v) is 18.5. The van der Waals surface area contributed by atoms with Gasteiger partial charge in [0.2, 0.25) is 5.91 Å². The number of thioether (sulfide) groups is 1. The molecule has 0 radical (unpaired) electrons. The van der Waals surface area contributed by atoms with Crippen molar-refractivity contribution in [1.29, 1.82) is 0 Å². The Morgan fingerprint density at radius 2 is 1.61 bits per heavy atom. The highest BCUT2D eigenvalue weighted by molar-refractivity contribution is 8.00. The van der Waals surface area contributed by atoms with Gasteiger partial charge in [-0.2, -0.15) is 0 Å². The predicted octanol–water partition coefficient (Wildman–Crippen LogP) is 4.77. The molecule has 158 valence electrons. The number of nitrogens with one attached hydrogen (secondary N) is 1. The number of furan rings is 1. The molecule has 1 amide bonds. The van der Waals surface area contributed by atoms with Crippen molar-refractivity contribution < 1.29 is 9.21 Å². The molecule has 0 aliphatic heterocycles. The smallest absolute Gasteiger partial charge is 0.234 e. The third kappa shape index (κ3) is 4.56. The van der Waals surface area contributed by atoms with E-state index in [-0.39, 0.29) is 17.2 Å². The lowest BCUT2D eigenvalue weighted by atomic mass is 9.98. The second-order valence-corrected chi connectivity index (χ2v) is 8.59. The summed E-state index contributed by atoms with van der Waals surface area (Å²) < 4.78 is 7.27. The first-order valence-corrected chi connectivity index (χ1v) is 10.9. The maximum Gasteiger partial charge on any atom is 0.234 e. The van der Waals surface area contributed by atoms with Crippen LogP contribution in [0, 0.1) is 6.92 Å². The summed E-state index contributed by atoms with van der Waals surface area (Å²) in [4.78, 5) is 13.1. The molecule has 0 fully saturated rings. The van der Waals surface area contributed by atoms with Crippen molar-refractivity contribution in [3.05, 3.63) is 89.9 Å². The van der Waals surface area contributed by atoms with E-state index >= 15 is 0 Å². The standard InChI is InChI=1S/C24H24N4O2S/c1-16-20(14-15-30-16)22-26-27-24(28(22)3)31-17(2)23(29)25-21(18-10-6-4-7-11-18)19-12-8-5-9-13-19/h4-15,17,21H,1-3H3,(H,25,29). The molecule has 6 nitrogen and oxygen atoms in total. The minimum absolute atomic E-state index is 0.0632. The van der Waals surface area contributed by atoms with Crippen LogP contribution in [-0.4, -0.2) is 25.9 Å². The van der Waals surface area contributed by atoms with Gasteiger partial charge in [-0.3, -0.25) is 4.79 Å². The maximum absolute atomic E-state index is 13.1. The van der Waals surface area contributed by atoms with Crippen LogP contribution in [0.5, 0.6) is 0 Å². The van der Waals surface area contributed by atoms with Gasteiger partial charge in [-0.15, -0.1) is 10.2 Å². The van der Waals surface area contributed by atoms with Crippen molar-refractivity contribution >= 4 is 17.7 Å². The fourth-order valence-corrected chi connectivity index (χ4v) is 4.21. The highest BCUT2D eigenvalue weighted by Gasteiger charge is 2.24. The third-order valence-corrected chi connectivity index (χ3v) is 6.27. The van der Waals surface area contributed by atoms with E-state index in [9.17, 15) is 4.79 Å². The number of hydrogen-bond acceptors (Lipinski definition) is 5. The van der Waals surface area contributed by atoms with Gasteiger partial charge in [0, 0.05) is 7.05 Å². The Kier molecular flexibility index (Phi) is 6.23. The summed E-state index contributed by atoms with van der Waals surface area (Å²) in [6.07, 6.45) is 1.63. The summed E-state index contributed by atoms with van der Waals surface area (Å²) in [7, 11) is 1.89. The first kappa shape index (κ1) is 20.9. The molecule has 0 spiro atoms. The Balaban J connectivity index is 1.51. The summed E-state index contributed by atoms with van der Waals surface area (Å²) in [5, 5.41) is 12.1. The maximum atomic E-state index is 13.1. The average molecular weight is 433 g/mol. The van der Waals surface area contributed by atoms with Gasteiger partial charge in [0.1, 0.15) is 5.76 Å². The van der Waals surface area contributed by atoms with Gasteiger partial charge in [0.25, 0.3) is 0 Å². The Labute approximate surface area is 185 Å². The second kappa shape index (κ2) is 9.22. The average Bonchev–Trinajstić information content (AvgIpc) is 3.38. The summed E-state index contributed by atoms with van der Waals surface area (Å²) >= 11 is 1.38. The summed E-state index contributed by atoms with van der Waals surface area (Å²) in [6, 6.07) is 21.6. The second-order valence-electron chi connectivity index (χ2n) is 7.28. The fraction of sp³-hybridized carbons (Fsp3) is 0.208. The Morgan fingerprint density at radius 1 is 1.00 bits per heavy atom. The molecule has 4 rings (SSSR count). The number of benzene rings is 2. The van der Waals surface area contributed by atoms with E-state index in [0.29, 0.717) is 11.0 Å². The molecule has 1 atom stereocenters. The predicted molar refractivity (Wildman–Crippen MR) is 122 cm³/mol. The van der Waals surface area contributed by atoms with Gasteiger partial charge in [-0.25, -0.2) is 0 Å². The largest absolute Gasteiger partial charge is 0.469 e. The van der Waals surface area contributed by atoms with Crippen LogP contribution in [0.15, 0.2) is 82.6 Å². The zero-order chi connectivity index (χ0) is 21.8. The van der Waals surface area contributed by atoms with E-state index in [2.05, 4.69) is 15.5 Å². The van der Waals surface area contributed by atoms with Gasteiger partial charge in [0.15, 0.2) is 11.0 Å². The van der Waals surface area contributed by atoms with Gasteiger partial charge < -0.3 is 14.3 Å². The molecule has 7 heteroatoms. The molecule has 0 aliphatic rings. The number of aryl methyl sites for hydroxylation is 1. The Bertz CT molecular complexity index is 1120. The molecule has 1 unspecified atom stereocenters. The molecule has 0 aliphatic carbocycles. The van der Waals surface area contributed by atoms with Crippen LogP contribution in [0.25, 0.3) is 11.4 Å². The van der Waals surface area contributed by atoms with E-state index < -0.39 is 0 Å². The number of carbonyl (C=O) groups is 1. The Morgan fingerprint density at radius 3 is 2.16 bits per heavy atom. The molecule has 4 aromatic rings. The van der Waals surface area contributed by atoms with Crippen LogP contribution < -0.4 is 5.32 Å². The summed E-state index contributed by atoms with van der Waals surface area (Å²) in [6.45, 7) is 3.77. The molecule has 2 heterocycles. The highest BCUT2D eigenvalue weighted by Crippen LogP contribution is 2.29. The van der Waals surface area contributed by atoms with E-state index in [4.69, 9.17) is 4.42 Å². The van der Waals surface area contributed by atoms with Crippen LogP contribution >= 0.6 is 11.8 Å². The van der Waals surface area contributed by atoms with Gasteiger partial charge in [-0.1, -0.05) is 72.4 Å². The first-order valence-electron chi connectivity index (χ1n) is 10.1. The molecule has 0 bridgehead atoms. The van der Waals surface area contributed by atoms with Gasteiger partial charge >= 0.3 is 0 Å². The van der Waals surface area contributed by atoms with Crippen LogP contribution in [0.3, 0.4) is 0 Å². The Hall–Kier alpha value is -3.32. The van der Waals surface area contributed by atoms with E-state index in [1.165, 1.54) is 11.8 Å². The molecule has 0 saturated heterocycles. The number of amides is 1. The molecule has 0 saturated carbocycles. The lowest BCUT2D eigenvalue weighted by molar-refractivity contribution is -0.120. The van der Waals surface area contributed by atoms with Crippen molar-refractivity contribution in [3.63, 3.8) is 0 Å². The zero-order valence-electron chi connectivity index (χ0n) is 17.6. The highest BCUT2D eigenvalue weighted by atomic mass is 32.2.